The molecule has 1 aliphatic carbocycles. The number of nitrogens with one attached hydrogen (secondary N) is 2. The Hall–Kier alpha value is -2.37. The second kappa shape index (κ2) is 5.20. The first-order valence-electron chi connectivity index (χ1n) is 7.01. The van der Waals surface area contributed by atoms with Crippen molar-refractivity contribution in [3.8, 4) is 0 Å². The standard InChI is InChI=1S/C15H17N3O3/c1-8-4-11(12(5-8)15(20)21)14(19)17-10-2-3-13-9(6-10)7-16-18-13/h2-3,6-8,11-12H,4-5H2,1H3,(H,16,18)(H,17,19)(H,20,21). The van der Waals surface area contributed by atoms with Gasteiger partial charge in [-0.1, -0.05) is 6.92 Å². The molecule has 3 atom stereocenters. The molecule has 3 N–H and O–H groups in total. The zero-order chi connectivity index (χ0) is 15.0. The predicted molar refractivity (Wildman–Crippen MR) is 77.7 cm³/mol. The van der Waals surface area contributed by atoms with E-state index in [4.69, 9.17) is 0 Å². The summed E-state index contributed by atoms with van der Waals surface area (Å²) in [6, 6.07) is 5.45. The molecule has 0 aliphatic heterocycles. The van der Waals surface area contributed by atoms with Crippen molar-refractivity contribution in [1.29, 1.82) is 0 Å². The van der Waals surface area contributed by atoms with Crippen LogP contribution in [0.2, 0.25) is 0 Å². The first-order chi connectivity index (χ1) is 10.0. The number of carbonyl (C=O) groups is 2. The molecule has 1 aliphatic rings. The highest BCUT2D eigenvalue weighted by Crippen LogP contribution is 2.37. The number of carbonyl (C=O) groups excluding carboxylic acids is 1. The number of nitrogens with zero attached hydrogens (tertiary/aromatic N) is 1. The maximum atomic E-state index is 12.4. The first-order valence-corrected chi connectivity index (χ1v) is 7.01. The third-order valence-electron chi connectivity index (χ3n) is 4.16. The van der Waals surface area contributed by atoms with Gasteiger partial charge in [-0.25, -0.2) is 0 Å². The molecule has 3 rings (SSSR count). The summed E-state index contributed by atoms with van der Waals surface area (Å²) in [5, 5.41) is 19.7. The summed E-state index contributed by atoms with van der Waals surface area (Å²) >= 11 is 0. The lowest BCUT2D eigenvalue weighted by Crippen LogP contribution is -2.29. The Morgan fingerprint density at radius 3 is 2.86 bits per heavy atom. The number of aromatic amines is 1. The number of carboxylic acid groups (broad SMARTS) is 1. The van der Waals surface area contributed by atoms with Crippen LogP contribution in [0.4, 0.5) is 5.69 Å². The monoisotopic (exact) mass is 287 g/mol. The molecule has 0 radical (unpaired) electrons. The molecule has 0 saturated heterocycles. The van der Waals surface area contributed by atoms with Crippen LogP contribution in [0, 0.1) is 17.8 Å². The van der Waals surface area contributed by atoms with Gasteiger partial charge in [-0.15, -0.1) is 0 Å². The Bertz CT molecular complexity index is 694. The van der Waals surface area contributed by atoms with Crippen molar-refractivity contribution < 1.29 is 14.7 Å². The highest BCUT2D eigenvalue weighted by Gasteiger charge is 2.41. The Morgan fingerprint density at radius 2 is 2.10 bits per heavy atom. The van der Waals surface area contributed by atoms with Gasteiger partial charge in [0.05, 0.1) is 23.5 Å². The third kappa shape index (κ3) is 2.61. The molecule has 0 bridgehead atoms. The van der Waals surface area contributed by atoms with Crippen molar-refractivity contribution in [3.63, 3.8) is 0 Å². The highest BCUT2D eigenvalue weighted by atomic mass is 16.4. The van der Waals surface area contributed by atoms with Crippen molar-refractivity contribution in [3.05, 3.63) is 24.4 Å². The Morgan fingerprint density at radius 1 is 1.33 bits per heavy atom. The zero-order valence-corrected chi connectivity index (χ0v) is 11.7. The number of aromatic nitrogens is 2. The summed E-state index contributed by atoms with van der Waals surface area (Å²) in [5.41, 5.74) is 1.56. The van der Waals surface area contributed by atoms with Crippen LogP contribution in [-0.4, -0.2) is 27.2 Å². The average molecular weight is 287 g/mol. The predicted octanol–water partition coefficient (Wildman–Crippen LogP) is 2.25. The summed E-state index contributed by atoms with van der Waals surface area (Å²) in [7, 11) is 0. The zero-order valence-electron chi connectivity index (χ0n) is 11.7. The third-order valence-corrected chi connectivity index (χ3v) is 4.16. The van der Waals surface area contributed by atoms with Crippen LogP contribution in [0.15, 0.2) is 24.4 Å². The van der Waals surface area contributed by atoms with Crippen molar-refractivity contribution >= 4 is 28.5 Å². The molecule has 1 aromatic heterocycles. The minimum absolute atomic E-state index is 0.213. The molecule has 1 saturated carbocycles. The van der Waals surface area contributed by atoms with Crippen molar-refractivity contribution in [2.75, 3.05) is 5.32 Å². The van der Waals surface area contributed by atoms with Crippen LogP contribution in [0.5, 0.6) is 0 Å². The molecule has 1 amide bonds. The largest absolute Gasteiger partial charge is 0.481 e. The highest BCUT2D eigenvalue weighted by molar-refractivity contribution is 5.97. The molecule has 21 heavy (non-hydrogen) atoms. The minimum atomic E-state index is -0.884. The summed E-state index contributed by atoms with van der Waals surface area (Å²) < 4.78 is 0. The van der Waals surface area contributed by atoms with Crippen LogP contribution in [-0.2, 0) is 9.59 Å². The maximum Gasteiger partial charge on any atom is 0.307 e. The summed E-state index contributed by atoms with van der Waals surface area (Å²) in [6.07, 6.45) is 2.87. The molecule has 3 unspecified atom stereocenters. The number of amides is 1. The molecule has 110 valence electrons. The minimum Gasteiger partial charge on any atom is -0.481 e. The normalized spacial score (nSPS) is 25.1. The van der Waals surface area contributed by atoms with E-state index >= 15 is 0 Å². The van der Waals surface area contributed by atoms with E-state index in [9.17, 15) is 14.7 Å². The first kappa shape index (κ1) is 13.6. The van der Waals surface area contributed by atoms with Gasteiger partial charge in [0.2, 0.25) is 5.91 Å². The number of benzene rings is 1. The molecule has 6 nitrogen and oxygen atoms in total. The lowest BCUT2D eigenvalue weighted by molar-refractivity contribution is -0.145. The second-order valence-electron chi connectivity index (χ2n) is 5.79. The Kier molecular flexibility index (Phi) is 3.37. The number of anilines is 1. The molecular formula is C15H17N3O3. The smallest absolute Gasteiger partial charge is 0.307 e. The van der Waals surface area contributed by atoms with Crippen molar-refractivity contribution in [2.45, 2.75) is 19.8 Å². The number of fused-ring (bicyclic) bond motifs is 1. The van der Waals surface area contributed by atoms with Gasteiger partial charge in [0.15, 0.2) is 0 Å². The van der Waals surface area contributed by atoms with Gasteiger partial charge in [0.1, 0.15) is 0 Å². The molecule has 1 aromatic carbocycles. The van der Waals surface area contributed by atoms with Gasteiger partial charge in [-0.05, 0) is 37.0 Å². The topological polar surface area (TPSA) is 95.1 Å². The van der Waals surface area contributed by atoms with Crippen molar-refractivity contribution in [2.24, 2.45) is 17.8 Å². The molecule has 6 heteroatoms. The van der Waals surface area contributed by atoms with Gasteiger partial charge in [0, 0.05) is 11.1 Å². The molecule has 0 spiro atoms. The lowest BCUT2D eigenvalue weighted by Gasteiger charge is -2.15. The van der Waals surface area contributed by atoms with E-state index in [-0.39, 0.29) is 11.8 Å². The van der Waals surface area contributed by atoms with Crippen LogP contribution in [0.25, 0.3) is 10.9 Å². The van der Waals surface area contributed by atoms with E-state index in [1.807, 2.05) is 19.1 Å². The summed E-state index contributed by atoms with van der Waals surface area (Å²) in [5.74, 6) is -1.88. The fourth-order valence-electron chi connectivity index (χ4n) is 3.11. The van der Waals surface area contributed by atoms with E-state index < -0.39 is 17.8 Å². The van der Waals surface area contributed by atoms with Crippen LogP contribution >= 0.6 is 0 Å². The molecular weight excluding hydrogens is 270 g/mol. The number of aliphatic carboxylic acids is 1. The Balaban J connectivity index is 1.77. The number of hydrogen-bond donors (Lipinski definition) is 3. The quantitative estimate of drug-likeness (QED) is 0.806. The summed E-state index contributed by atoms with van der Waals surface area (Å²) in [6.45, 7) is 1.99. The SMILES string of the molecule is CC1CC(C(=O)O)C(C(=O)Nc2ccc3[nH]ncc3c2)C1. The van der Waals surface area contributed by atoms with E-state index in [0.717, 1.165) is 10.9 Å². The Labute approximate surface area is 121 Å². The van der Waals surface area contributed by atoms with Crippen LogP contribution in [0.3, 0.4) is 0 Å². The average Bonchev–Trinajstić information content (AvgIpc) is 3.04. The van der Waals surface area contributed by atoms with Gasteiger partial charge in [-0.3, -0.25) is 14.7 Å². The lowest BCUT2D eigenvalue weighted by atomic mass is 9.95. The van der Waals surface area contributed by atoms with E-state index in [2.05, 4.69) is 15.5 Å². The summed E-state index contributed by atoms with van der Waals surface area (Å²) in [4.78, 5) is 23.6. The van der Waals surface area contributed by atoms with Gasteiger partial charge >= 0.3 is 5.97 Å². The van der Waals surface area contributed by atoms with Gasteiger partial charge in [0.25, 0.3) is 0 Å². The fourth-order valence-corrected chi connectivity index (χ4v) is 3.11. The van der Waals surface area contributed by atoms with Crippen LogP contribution < -0.4 is 5.32 Å². The number of rotatable bonds is 3. The molecule has 2 aromatic rings. The van der Waals surface area contributed by atoms with E-state index in [1.54, 1.807) is 12.3 Å². The van der Waals surface area contributed by atoms with E-state index in [0.29, 0.717) is 18.5 Å². The second-order valence-corrected chi connectivity index (χ2v) is 5.79. The van der Waals surface area contributed by atoms with Crippen molar-refractivity contribution in [1.82, 2.24) is 10.2 Å². The van der Waals surface area contributed by atoms with E-state index in [1.165, 1.54) is 0 Å². The fraction of sp³-hybridized carbons (Fsp3) is 0.400. The van der Waals surface area contributed by atoms with Crippen LogP contribution in [0.1, 0.15) is 19.8 Å². The molecule has 1 heterocycles. The maximum absolute atomic E-state index is 12.4. The number of hydrogen-bond acceptors (Lipinski definition) is 3. The van der Waals surface area contributed by atoms with Gasteiger partial charge in [-0.2, -0.15) is 5.10 Å². The number of carboxylic acids is 1. The number of H-pyrrole nitrogens is 1. The molecule has 1 fully saturated rings. The van der Waals surface area contributed by atoms with Gasteiger partial charge < -0.3 is 10.4 Å².